The lowest BCUT2D eigenvalue weighted by atomic mass is 10.2. The highest BCUT2D eigenvalue weighted by atomic mass is 16.5. The van der Waals surface area contributed by atoms with Crippen molar-refractivity contribution in [3.8, 4) is 11.5 Å². The number of benzene rings is 1. The SMILES string of the molecule is COCCCCOc1cc(CN)ccc1OC. The van der Waals surface area contributed by atoms with E-state index in [0.717, 1.165) is 36.5 Å². The van der Waals surface area contributed by atoms with Crippen LogP contribution in [0.4, 0.5) is 0 Å². The molecule has 17 heavy (non-hydrogen) atoms. The van der Waals surface area contributed by atoms with Crippen LogP contribution < -0.4 is 15.2 Å². The molecular formula is C13H21NO3. The zero-order chi connectivity index (χ0) is 12.5. The Labute approximate surface area is 103 Å². The molecule has 1 aromatic carbocycles. The molecule has 1 rings (SSSR count). The lowest BCUT2D eigenvalue weighted by Crippen LogP contribution is -2.03. The molecule has 0 aliphatic rings. The fraction of sp³-hybridized carbons (Fsp3) is 0.538. The standard InChI is InChI=1S/C13H21NO3/c1-15-7-3-4-8-17-13-9-11(10-14)5-6-12(13)16-2/h5-6,9H,3-4,7-8,10,14H2,1-2H3. The molecule has 0 aliphatic carbocycles. The zero-order valence-electron chi connectivity index (χ0n) is 10.6. The number of methoxy groups -OCH3 is 2. The Bertz CT molecular complexity index is 328. The van der Waals surface area contributed by atoms with E-state index >= 15 is 0 Å². The van der Waals surface area contributed by atoms with Gasteiger partial charge in [0.2, 0.25) is 0 Å². The Morgan fingerprint density at radius 2 is 1.82 bits per heavy atom. The zero-order valence-corrected chi connectivity index (χ0v) is 10.6. The number of unbranched alkanes of at least 4 members (excludes halogenated alkanes) is 1. The average molecular weight is 239 g/mol. The second-order valence-corrected chi connectivity index (χ2v) is 3.74. The number of hydrogen-bond donors (Lipinski definition) is 1. The van der Waals surface area contributed by atoms with Crippen LogP contribution in [0.1, 0.15) is 18.4 Å². The summed E-state index contributed by atoms with van der Waals surface area (Å²) in [5.74, 6) is 1.50. The van der Waals surface area contributed by atoms with E-state index in [0.29, 0.717) is 13.2 Å². The van der Waals surface area contributed by atoms with Gasteiger partial charge < -0.3 is 19.9 Å². The summed E-state index contributed by atoms with van der Waals surface area (Å²) in [6, 6.07) is 5.75. The molecule has 0 saturated carbocycles. The van der Waals surface area contributed by atoms with E-state index < -0.39 is 0 Å². The second-order valence-electron chi connectivity index (χ2n) is 3.74. The van der Waals surface area contributed by atoms with Gasteiger partial charge in [-0.05, 0) is 30.5 Å². The van der Waals surface area contributed by atoms with Gasteiger partial charge in [-0.15, -0.1) is 0 Å². The molecule has 0 heterocycles. The summed E-state index contributed by atoms with van der Waals surface area (Å²) in [5.41, 5.74) is 6.63. The molecule has 0 aromatic heterocycles. The third kappa shape index (κ3) is 4.63. The predicted molar refractivity (Wildman–Crippen MR) is 67.5 cm³/mol. The van der Waals surface area contributed by atoms with Gasteiger partial charge in [-0.25, -0.2) is 0 Å². The van der Waals surface area contributed by atoms with Crippen molar-refractivity contribution in [2.75, 3.05) is 27.4 Å². The molecule has 0 aliphatic heterocycles. The first-order valence-corrected chi connectivity index (χ1v) is 5.80. The van der Waals surface area contributed by atoms with Crippen molar-refractivity contribution < 1.29 is 14.2 Å². The Morgan fingerprint density at radius 3 is 2.47 bits per heavy atom. The lowest BCUT2D eigenvalue weighted by Gasteiger charge is -2.11. The summed E-state index contributed by atoms with van der Waals surface area (Å²) >= 11 is 0. The molecule has 4 nitrogen and oxygen atoms in total. The number of ether oxygens (including phenoxy) is 3. The summed E-state index contributed by atoms with van der Waals surface area (Å²) in [6.07, 6.45) is 1.96. The van der Waals surface area contributed by atoms with Gasteiger partial charge in [-0.1, -0.05) is 6.07 Å². The van der Waals surface area contributed by atoms with E-state index in [1.807, 2.05) is 18.2 Å². The van der Waals surface area contributed by atoms with Crippen LogP contribution in [0.5, 0.6) is 11.5 Å². The topological polar surface area (TPSA) is 53.7 Å². The van der Waals surface area contributed by atoms with Gasteiger partial charge in [0.25, 0.3) is 0 Å². The van der Waals surface area contributed by atoms with E-state index in [4.69, 9.17) is 19.9 Å². The Morgan fingerprint density at radius 1 is 1.06 bits per heavy atom. The van der Waals surface area contributed by atoms with Gasteiger partial charge >= 0.3 is 0 Å². The highest BCUT2D eigenvalue weighted by molar-refractivity contribution is 5.42. The minimum atomic E-state index is 0.504. The first-order valence-electron chi connectivity index (χ1n) is 5.80. The summed E-state index contributed by atoms with van der Waals surface area (Å²) in [5, 5.41) is 0. The molecular weight excluding hydrogens is 218 g/mol. The maximum atomic E-state index is 5.68. The van der Waals surface area contributed by atoms with E-state index in [-0.39, 0.29) is 0 Å². The summed E-state index contributed by atoms with van der Waals surface area (Å²) in [4.78, 5) is 0. The van der Waals surface area contributed by atoms with Gasteiger partial charge in [-0.2, -0.15) is 0 Å². The maximum absolute atomic E-state index is 5.68. The van der Waals surface area contributed by atoms with Gasteiger partial charge in [0.05, 0.1) is 13.7 Å². The molecule has 0 saturated heterocycles. The van der Waals surface area contributed by atoms with Crippen molar-refractivity contribution in [2.24, 2.45) is 5.73 Å². The number of rotatable bonds is 8. The summed E-state index contributed by atoms with van der Waals surface area (Å²) in [6.45, 7) is 1.93. The third-order valence-corrected chi connectivity index (χ3v) is 2.46. The summed E-state index contributed by atoms with van der Waals surface area (Å²) < 4.78 is 15.9. The molecule has 0 atom stereocenters. The fourth-order valence-electron chi connectivity index (χ4n) is 1.49. The minimum Gasteiger partial charge on any atom is -0.493 e. The highest BCUT2D eigenvalue weighted by Gasteiger charge is 2.04. The fourth-order valence-corrected chi connectivity index (χ4v) is 1.49. The molecule has 96 valence electrons. The molecule has 0 bridgehead atoms. The van der Waals surface area contributed by atoms with Crippen molar-refractivity contribution in [3.63, 3.8) is 0 Å². The van der Waals surface area contributed by atoms with E-state index in [2.05, 4.69) is 0 Å². The average Bonchev–Trinajstić information content (AvgIpc) is 2.38. The molecule has 0 spiro atoms. The molecule has 0 amide bonds. The second kappa shape index (κ2) is 7.92. The normalized spacial score (nSPS) is 10.3. The van der Waals surface area contributed by atoms with Crippen LogP contribution in [0, 0.1) is 0 Å². The Hall–Kier alpha value is -1.26. The first-order chi connectivity index (χ1) is 8.31. The molecule has 0 radical (unpaired) electrons. The van der Waals surface area contributed by atoms with Crippen LogP contribution in [0.2, 0.25) is 0 Å². The van der Waals surface area contributed by atoms with Gasteiger partial charge in [0.15, 0.2) is 11.5 Å². The van der Waals surface area contributed by atoms with Crippen molar-refractivity contribution >= 4 is 0 Å². The van der Waals surface area contributed by atoms with Crippen LogP contribution in [-0.2, 0) is 11.3 Å². The quantitative estimate of drug-likeness (QED) is 0.705. The Balaban J connectivity index is 2.49. The van der Waals surface area contributed by atoms with Crippen LogP contribution in [-0.4, -0.2) is 27.4 Å². The van der Waals surface area contributed by atoms with Crippen LogP contribution >= 0.6 is 0 Å². The Kier molecular flexibility index (Phi) is 6.43. The third-order valence-electron chi connectivity index (χ3n) is 2.46. The predicted octanol–water partition coefficient (Wildman–Crippen LogP) is 1.96. The van der Waals surface area contributed by atoms with Gasteiger partial charge in [0, 0.05) is 20.3 Å². The van der Waals surface area contributed by atoms with E-state index in [1.165, 1.54) is 0 Å². The number of hydrogen-bond acceptors (Lipinski definition) is 4. The maximum Gasteiger partial charge on any atom is 0.161 e. The minimum absolute atomic E-state index is 0.504. The molecule has 2 N–H and O–H groups in total. The molecule has 0 unspecified atom stereocenters. The molecule has 0 fully saturated rings. The summed E-state index contributed by atoms with van der Waals surface area (Å²) in [7, 11) is 3.34. The largest absolute Gasteiger partial charge is 0.493 e. The molecule has 4 heteroatoms. The van der Waals surface area contributed by atoms with Crippen molar-refractivity contribution in [3.05, 3.63) is 23.8 Å². The van der Waals surface area contributed by atoms with Crippen molar-refractivity contribution in [1.29, 1.82) is 0 Å². The van der Waals surface area contributed by atoms with Crippen LogP contribution in [0.15, 0.2) is 18.2 Å². The lowest BCUT2D eigenvalue weighted by molar-refractivity contribution is 0.183. The van der Waals surface area contributed by atoms with Gasteiger partial charge in [0.1, 0.15) is 0 Å². The van der Waals surface area contributed by atoms with Crippen LogP contribution in [0.3, 0.4) is 0 Å². The van der Waals surface area contributed by atoms with E-state index in [1.54, 1.807) is 14.2 Å². The molecule has 1 aromatic rings. The first kappa shape index (κ1) is 13.8. The number of nitrogens with two attached hydrogens (primary N) is 1. The van der Waals surface area contributed by atoms with Crippen molar-refractivity contribution in [1.82, 2.24) is 0 Å². The monoisotopic (exact) mass is 239 g/mol. The van der Waals surface area contributed by atoms with E-state index in [9.17, 15) is 0 Å². The smallest absolute Gasteiger partial charge is 0.161 e. The highest BCUT2D eigenvalue weighted by Crippen LogP contribution is 2.28. The van der Waals surface area contributed by atoms with Crippen LogP contribution in [0.25, 0.3) is 0 Å². The van der Waals surface area contributed by atoms with Gasteiger partial charge in [-0.3, -0.25) is 0 Å². The van der Waals surface area contributed by atoms with Crippen molar-refractivity contribution in [2.45, 2.75) is 19.4 Å².